The van der Waals surface area contributed by atoms with Crippen LogP contribution in [0.25, 0.3) is 6.08 Å². The molecule has 0 N–H and O–H groups in total. The molecule has 3 aromatic rings. The molecule has 5 rings (SSSR count). The SMILES string of the molecule is Cc1ncsc1C(=O)N1N=C2C(=Cc3ccc(Cl)cc3)CCCC2C1c1ccc(Cl)cc1. The van der Waals surface area contributed by atoms with Crippen LogP contribution in [0.1, 0.15) is 51.8 Å². The van der Waals surface area contributed by atoms with Gasteiger partial charge in [-0.15, -0.1) is 11.3 Å². The number of halogens is 2. The third-order valence-electron chi connectivity index (χ3n) is 6.07. The summed E-state index contributed by atoms with van der Waals surface area (Å²) in [4.78, 5) is 18.5. The van der Waals surface area contributed by atoms with Crippen molar-refractivity contribution in [3.63, 3.8) is 0 Å². The molecule has 2 aromatic carbocycles. The van der Waals surface area contributed by atoms with Gasteiger partial charge < -0.3 is 0 Å². The van der Waals surface area contributed by atoms with Gasteiger partial charge in [0.25, 0.3) is 5.91 Å². The molecule has 162 valence electrons. The predicted molar refractivity (Wildman–Crippen MR) is 131 cm³/mol. The van der Waals surface area contributed by atoms with E-state index in [1.807, 2.05) is 55.5 Å². The summed E-state index contributed by atoms with van der Waals surface area (Å²) < 4.78 is 0. The lowest BCUT2D eigenvalue weighted by Crippen LogP contribution is -2.31. The first kappa shape index (κ1) is 21.4. The summed E-state index contributed by atoms with van der Waals surface area (Å²) >= 11 is 13.6. The van der Waals surface area contributed by atoms with E-state index in [0.717, 1.165) is 41.8 Å². The summed E-state index contributed by atoms with van der Waals surface area (Å²) in [6.45, 7) is 1.86. The number of fused-ring (bicyclic) bond motifs is 1. The number of hydrazone groups is 1. The second kappa shape index (κ2) is 8.81. The highest BCUT2D eigenvalue weighted by Crippen LogP contribution is 2.45. The molecule has 0 radical (unpaired) electrons. The number of hydrogen-bond acceptors (Lipinski definition) is 4. The Hall–Kier alpha value is -2.47. The number of allylic oxidation sites excluding steroid dienone is 1. The lowest BCUT2D eigenvalue weighted by molar-refractivity contribution is 0.0685. The largest absolute Gasteiger partial charge is 0.286 e. The maximum atomic E-state index is 13.6. The Balaban J connectivity index is 1.58. The van der Waals surface area contributed by atoms with Crippen LogP contribution >= 0.6 is 34.5 Å². The van der Waals surface area contributed by atoms with Gasteiger partial charge in [0.2, 0.25) is 0 Å². The number of benzene rings is 2. The van der Waals surface area contributed by atoms with Crippen LogP contribution in [0.4, 0.5) is 0 Å². The molecule has 2 unspecified atom stereocenters. The number of hydrogen-bond donors (Lipinski definition) is 0. The van der Waals surface area contributed by atoms with E-state index >= 15 is 0 Å². The zero-order valence-corrected chi connectivity index (χ0v) is 19.8. The van der Waals surface area contributed by atoms with E-state index in [2.05, 4.69) is 11.1 Å². The fraction of sp³-hybridized carbons (Fsp3) is 0.240. The van der Waals surface area contributed by atoms with E-state index in [-0.39, 0.29) is 17.9 Å². The second-order valence-electron chi connectivity index (χ2n) is 8.12. The first-order valence-electron chi connectivity index (χ1n) is 10.6. The molecular formula is C25H21Cl2N3OS. The number of amides is 1. The zero-order valence-electron chi connectivity index (χ0n) is 17.5. The van der Waals surface area contributed by atoms with Gasteiger partial charge in [0.05, 0.1) is 23.0 Å². The van der Waals surface area contributed by atoms with E-state index in [9.17, 15) is 4.79 Å². The minimum atomic E-state index is -0.162. The van der Waals surface area contributed by atoms with Crippen LogP contribution < -0.4 is 0 Å². The van der Waals surface area contributed by atoms with E-state index in [1.54, 1.807) is 10.5 Å². The molecule has 7 heteroatoms. The van der Waals surface area contributed by atoms with Gasteiger partial charge in [0, 0.05) is 16.0 Å². The van der Waals surface area contributed by atoms with Gasteiger partial charge >= 0.3 is 0 Å². The Labute approximate surface area is 201 Å². The van der Waals surface area contributed by atoms with Crippen molar-refractivity contribution >= 4 is 52.2 Å². The number of carbonyl (C=O) groups is 1. The molecule has 1 fully saturated rings. The highest BCUT2D eigenvalue weighted by Gasteiger charge is 2.44. The third-order valence-corrected chi connectivity index (χ3v) is 7.49. The topological polar surface area (TPSA) is 45.6 Å². The first-order valence-corrected chi connectivity index (χ1v) is 12.2. The van der Waals surface area contributed by atoms with Gasteiger partial charge in [-0.05, 0) is 73.2 Å². The molecule has 32 heavy (non-hydrogen) atoms. The van der Waals surface area contributed by atoms with Gasteiger partial charge in [0.15, 0.2) is 0 Å². The fourth-order valence-corrected chi connectivity index (χ4v) is 5.52. The van der Waals surface area contributed by atoms with Crippen molar-refractivity contribution < 1.29 is 4.79 Å². The average Bonchev–Trinajstić information content (AvgIpc) is 3.40. The molecule has 1 amide bonds. The van der Waals surface area contributed by atoms with Crippen molar-refractivity contribution in [2.75, 3.05) is 0 Å². The smallest absolute Gasteiger partial charge is 0.266 e. The van der Waals surface area contributed by atoms with Crippen molar-refractivity contribution in [3.05, 3.63) is 91.4 Å². The summed E-state index contributed by atoms with van der Waals surface area (Å²) in [5.74, 6) is 0.0401. The minimum absolute atomic E-state index is 0.0994. The second-order valence-corrected chi connectivity index (χ2v) is 9.85. The summed E-state index contributed by atoms with van der Waals surface area (Å²) in [5, 5.41) is 8.00. The van der Waals surface area contributed by atoms with Crippen LogP contribution in [0.3, 0.4) is 0 Å². The van der Waals surface area contributed by atoms with Crippen LogP contribution in [-0.4, -0.2) is 21.6 Å². The Kier molecular flexibility index (Phi) is 5.89. The quantitative estimate of drug-likeness (QED) is 0.397. The molecule has 0 saturated heterocycles. The number of carbonyl (C=O) groups excluding carboxylic acids is 1. The predicted octanol–water partition coefficient (Wildman–Crippen LogP) is 7.20. The van der Waals surface area contributed by atoms with E-state index < -0.39 is 0 Å². The third kappa shape index (κ3) is 4.01. The number of rotatable bonds is 3. The summed E-state index contributed by atoms with van der Waals surface area (Å²) in [6.07, 6.45) is 5.14. The lowest BCUT2D eigenvalue weighted by Gasteiger charge is -2.29. The van der Waals surface area contributed by atoms with Gasteiger partial charge in [-0.2, -0.15) is 5.10 Å². The molecule has 1 aliphatic heterocycles. The molecule has 2 aliphatic rings. The van der Waals surface area contributed by atoms with Crippen LogP contribution in [0, 0.1) is 12.8 Å². The first-order chi connectivity index (χ1) is 15.5. The maximum Gasteiger partial charge on any atom is 0.286 e. The zero-order chi connectivity index (χ0) is 22.2. The molecule has 0 bridgehead atoms. The standard InChI is InChI=1S/C25H21Cl2N3OS/c1-15-24(32-14-28-15)25(31)30-23(17-7-11-20(27)12-8-17)21-4-2-3-18(22(21)29-30)13-16-5-9-19(26)10-6-16/h5-14,21,23H,2-4H2,1H3. The van der Waals surface area contributed by atoms with E-state index in [4.69, 9.17) is 28.3 Å². The monoisotopic (exact) mass is 481 g/mol. The van der Waals surface area contributed by atoms with Crippen LogP contribution in [0.15, 0.2) is 64.7 Å². The number of aryl methyl sites for hydroxylation is 1. The number of aromatic nitrogens is 1. The molecule has 1 aromatic heterocycles. The Morgan fingerprint density at radius 2 is 1.78 bits per heavy atom. The van der Waals surface area contributed by atoms with Crippen LogP contribution in [0.2, 0.25) is 10.0 Å². The molecule has 1 saturated carbocycles. The van der Waals surface area contributed by atoms with Gasteiger partial charge in [-0.3, -0.25) is 4.79 Å². The Morgan fingerprint density at radius 3 is 2.44 bits per heavy atom. The van der Waals surface area contributed by atoms with Crippen LogP contribution in [-0.2, 0) is 0 Å². The van der Waals surface area contributed by atoms with Crippen molar-refractivity contribution in [1.82, 2.24) is 9.99 Å². The van der Waals surface area contributed by atoms with Crippen molar-refractivity contribution in [3.8, 4) is 0 Å². The Bertz CT molecular complexity index is 1210. The van der Waals surface area contributed by atoms with Crippen molar-refractivity contribution in [2.45, 2.75) is 32.2 Å². The lowest BCUT2D eigenvalue weighted by atomic mass is 9.77. The van der Waals surface area contributed by atoms with Crippen LogP contribution in [0.5, 0.6) is 0 Å². The van der Waals surface area contributed by atoms with Crippen molar-refractivity contribution in [2.24, 2.45) is 11.0 Å². The average molecular weight is 482 g/mol. The van der Waals surface area contributed by atoms with Gasteiger partial charge in [0.1, 0.15) is 4.88 Å². The van der Waals surface area contributed by atoms with Gasteiger partial charge in [-0.25, -0.2) is 9.99 Å². The van der Waals surface area contributed by atoms with Gasteiger partial charge in [-0.1, -0.05) is 47.5 Å². The minimum Gasteiger partial charge on any atom is -0.266 e. The Morgan fingerprint density at radius 1 is 1.09 bits per heavy atom. The highest BCUT2D eigenvalue weighted by atomic mass is 35.5. The number of nitrogens with zero attached hydrogens (tertiary/aromatic N) is 3. The molecule has 0 spiro atoms. The molecule has 4 nitrogen and oxygen atoms in total. The maximum absolute atomic E-state index is 13.6. The summed E-state index contributed by atoms with van der Waals surface area (Å²) in [5.41, 5.74) is 6.75. The molecule has 1 aliphatic carbocycles. The molecular weight excluding hydrogens is 461 g/mol. The summed E-state index contributed by atoms with van der Waals surface area (Å²) in [6, 6.07) is 15.4. The number of thiazole rings is 1. The normalized spacial score (nSPS) is 21.5. The fourth-order valence-electron chi connectivity index (χ4n) is 4.53. The molecule has 2 atom stereocenters. The molecule has 2 heterocycles. The highest BCUT2D eigenvalue weighted by molar-refractivity contribution is 7.11. The van der Waals surface area contributed by atoms with Crippen molar-refractivity contribution in [1.29, 1.82) is 0 Å². The summed E-state index contributed by atoms with van der Waals surface area (Å²) in [7, 11) is 0. The van der Waals surface area contributed by atoms with E-state index in [0.29, 0.717) is 14.9 Å². The van der Waals surface area contributed by atoms with E-state index in [1.165, 1.54) is 16.9 Å².